The van der Waals surface area contributed by atoms with Gasteiger partial charge in [0.05, 0.1) is 5.69 Å². The van der Waals surface area contributed by atoms with E-state index in [9.17, 15) is 4.39 Å². The number of halogens is 1. The second-order valence-corrected chi connectivity index (χ2v) is 4.33. The molecule has 2 aromatic rings. The fourth-order valence-corrected chi connectivity index (χ4v) is 1.68. The Bertz CT molecular complexity index is 563. The van der Waals surface area contributed by atoms with Crippen LogP contribution in [0.5, 0.6) is 11.6 Å². The highest BCUT2D eigenvalue weighted by molar-refractivity contribution is 5.33. The van der Waals surface area contributed by atoms with Crippen molar-refractivity contribution in [2.45, 2.75) is 19.9 Å². The Morgan fingerprint density at radius 3 is 2.61 bits per heavy atom. The molecule has 0 amide bonds. The summed E-state index contributed by atoms with van der Waals surface area (Å²) in [5.74, 6) is 0.242. The molecule has 1 heterocycles. The van der Waals surface area contributed by atoms with Crippen LogP contribution in [0.4, 0.5) is 4.39 Å². The summed E-state index contributed by atoms with van der Waals surface area (Å²) in [6.45, 7) is 3.65. The highest BCUT2D eigenvalue weighted by atomic mass is 19.1. The number of benzene rings is 1. The molecule has 4 nitrogen and oxygen atoms in total. The Hall–Kier alpha value is -1.88. The first-order valence-corrected chi connectivity index (χ1v) is 5.71. The minimum Gasteiger partial charge on any atom is -0.436 e. The second-order valence-electron chi connectivity index (χ2n) is 4.33. The SMILES string of the molecule is Cc1cc(Oc2ccc([C@@H](C)N)cc2F)n(C)n1. The van der Waals surface area contributed by atoms with Gasteiger partial charge in [-0.1, -0.05) is 6.07 Å². The van der Waals surface area contributed by atoms with Gasteiger partial charge in [-0.15, -0.1) is 0 Å². The molecule has 18 heavy (non-hydrogen) atoms. The zero-order valence-corrected chi connectivity index (χ0v) is 10.6. The number of hydrogen-bond acceptors (Lipinski definition) is 3. The highest BCUT2D eigenvalue weighted by Crippen LogP contribution is 2.26. The molecule has 96 valence electrons. The van der Waals surface area contributed by atoms with Crippen LogP contribution in [0, 0.1) is 12.7 Å². The molecule has 2 rings (SSSR count). The monoisotopic (exact) mass is 249 g/mol. The number of aromatic nitrogens is 2. The molecule has 0 aliphatic heterocycles. The number of nitrogens with two attached hydrogens (primary N) is 1. The lowest BCUT2D eigenvalue weighted by Crippen LogP contribution is -2.05. The number of ether oxygens (including phenoxy) is 1. The van der Waals surface area contributed by atoms with Crippen LogP contribution in [-0.2, 0) is 7.05 Å². The van der Waals surface area contributed by atoms with Crippen molar-refractivity contribution in [3.8, 4) is 11.6 Å². The number of hydrogen-bond donors (Lipinski definition) is 1. The minimum atomic E-state index is -0.427. The van der Waals surface area contributed by atoms with E-state index in [0.29, 0.717) is 5.88 Å². The zero-order valence-electron chi connectivity index (χ0n) is 10.6. The second kappa shape index (κ2) is 4.78. The van der Waals surface area contributed by atoms with Gasteiger partial charge in [-0.2, -0.15) is 5.10 Å². The first-order valence-electron chi connectivity index (χ1n) is 5.71. The van der Waals surface area contributed by atoms with Crippen molar-refractivity contribution in [3.05, 3.63) is 41.3 Å². The first-order chi connectivity index (χ1) is 8.47. The van der Waals surface area contributed by atoms with E-state index < -0.39 is 5.82 Å². The fourth-order valence-electron chi connectivity index (χ4n) is 1.68. The standard InChI is InChI=1S/C13H16FN3O/c1-8-6-13(17(3)16-8)18-12-5-4-10(9(2)15)7-11(12)14/h4-7,9H,15H2,1-3H3/t9-/m1/s1. The van der Waals surface area contributed by atoms with E-state index in [4.69, 9.17) is 10.5 Å². The van der Waals surface area contributed by atoms with Gasteiger partial charge in [-0.3, -0.25) is 0 Å². The van der Waals surface area contributed by atoms with Gasteiger partial charge >= 0.3 is 0 Å². The molecule has 1 aromatic heterocycles. The normalized spacial score (nSPS) is 12.5. The fraction of sp³-hybridized carbons (Fsp3) is 0.308. The molecule has 2 N–H and O–H groups in total. The predicted molar refractivity (Wildman–Crippen MR) is 67.0 cm³/mol. The summed E-state index contributed by atoms with van der Waals surface area (Å²) >= 11 is 0. The minimum absolute atomic E-state index is 0.169. The van der Waals surface area contributed by atoms with Gasteiger partial charge in [0.1, 0.15) is 0 Å². The summed E-state index contributed by atoms with van der Waals surface area (Å²) in [7, 11) is 1.75. The molecule has 0 aliphatic rings. The lowest BCUT2D eigenvalue weighted by molar-refractivity contribution is 0.403. The van der Waals surface area contributed by atoms with Gasteiger partial charge in [0, 0.05) is 19.2 Å². The van der Waals surface area contributed by atoms with E-state index >= 15 is 0 Å². The Labute approximate surface area is 105 Å². The third-order valence-corrected chi connectivity index (χ3v) is 2.66. The van der Waals surface area contributed by atoms with Gasteiger partial charge in [-0.25, -0.2) is 9.07 Å². The van der Waals surface area contributed by atoms with Gasteiger partial charge < -0.3 is 10.5 Å². The maximum atomic E-state index is 13.8. The molecule has 0 saturated heterocycles. The molecule has 0 unspecified atom stereocenters. The average molecular weight is 249 g/mol. The van der Waals surface area contributed by atoms with Crippen LogP contribution < -0.4 is 10.5 Å². The van der Waals surface area contributed by atoms with Crippen molar-refractivity contribution >= 4 is 0 Å². The maximum absolute atomic E-state index is 13.8. The quantitative estimate of drug-likeness (QED) is 0.909. The van der Waals surface area contributed by atoms with Crippen LogP contribution in [-0.4, -0.2) is 9.78 Å². The topological polar surface area (TPSA) is 53.1 Å². The van der Waals surface area contributed by atoms with Crippen molar-refractivity contribution in [1.82, 2.24) is 9.78 Å². The number of aryl methyl sites for hydroxylation is 2. The Kier molecular flexibility index (Phi) is 3.34. The van der Waals surface area contributed by atoms with E-state index in [1.165, 1.54) is 6.07 Å². The van der Waals surface area contributed by atoms with Crippen molar-refractivity contribution in [1.29, 1.82) is 0 Å². The van der Waals surface area contributed by atoms with Gasteiger partial charge in [0.25, 0.3) is 0 Å². The number of nitrogens with zero attached hydrogens (tertiary/aromatic N) is 2. The summed E-state index contributed by atoms with van der Waals surface area (Å²) in [5.41, 5.74) is 7.25. The first kappa shape index (κ1) is 12.6. The summed E-state index contributed by atoms with van der Waals surface area (Å²) in [6, 6.07) is 6.28. The van der Waals surface area contributed by atoms with E-state index in [-0.39, 0.29) is 11.8 Å². The summed E-state index contributed by atoms with van der Waals surface area (Å²) in [4.78, 5) is 0. The van der Waals surface area contributed by atoms with Gasteiger partial charge in [0.15, 0.2) is 11.6 Å². The molecule has 0 radical (unpaired) electrons. The lowest BCUT2D eigenvalue weighted by atomic mass is 10.1. The Balaban J connectivity index is 2.27. The van der Waals surface area contributed by atoms with Crippen LogP contribution in [0.1, 0.15) is 24.2 Å². The molecular weight excluding hydrogens is 233 g/mol. The predicted octanol–water partition coefficient (Wildman–Crippen LogP) is 2.68. The van der Waals surface area contributed by atoms with Crippen LogP contribution in [0.15, 0.2) is 24.3 Å². The Morgan fingerprint density at radius 2 is 2.11 bits per heavy atom. The van der Waals surface area contributed by atoms with Crippen LogP contribution >= 0.6 is 0 Å². The van der Waals surface area contributed by atoms with E-state index in [1.807, 2.05) is 6.92 Å². The summed E-state index contributed by atoms with van der Waals surface area (Å²) in [5, 5.41) is 4.13. The lowest BCUT2D eigenvalue weighted by Gasteiger charge is -2.09. The average Bonchev–Trinajstić information content (AvgIpc) is 2.60. The van der Waals surface area contributed by atoms with Crippen molar-refractivity contribution < 1.29 is 9.13 Å². The largest absolute Gasteiger partial charge is 0.436 e. The molecule has 0 fully saturated rings. The van der Waals surface area contributed by atoms with Crippen molar-refractivity contribution in [2.24, 2.45) is 12.8 Å². The summed E-state index contributed by atoms with van der Waals surface area (Å²) < 4.78 is 20.9. The van der Waals surface area contributed by atoms with Gasteiger partial charge in [-0.05, 0) is 31.5 Å². The molecule has 5 heteroatoms. The molecule has 0 aliphatic carbocycles. The molecule has 0 saturated carbocycles. The van der Waals surface area contributed by atoms with E-state index in [0.717, 1.165) is 11.3 Å². The van der Waals surface area contributed by atoms with E-state index in [2.05, 4.69) is 5.10 Å². The molecular formula is C13H16FN3O. The van der Waals surface area contributed by atoms with Gasteiger partial charge in [0.2, 0.25) is 5.88 Å². The third kappa shape index (κ3) is 2.51. The van der Waals surface area contributed by atoms with Crippen molar-refractivity contribution in [2.75, 3.05) is 0 Å². The third-order valence-electron chi connectivity index (χ3n) is 2.66. The molecule has 0 spiro atoms. The number of rotatable bonds is 3. The summed E-state index contributed by atoms with van der Waals surface area (Å²) in [6.07, 6.45) is 0. The molecule has 1 atom stereocenters. The maximum Gasteiger partial charge on any atom is 0.217 e. The van der Waals surface area contributed by atoms with Crippen molar-refractivity contribution in [3.63, 3.8) is 0 Å². The smallest absolute Gasteiger partial charge is 0.217 e. The van der Waals surface area contributed by atoms with Crippen LogP contribution in [0.3, 0.4) is 0 Å². The molecule has 0 bridgehead atoms. The highest BCUT2D eigenvalue weighted by Gasteiger charge is 2.10. The zero-order chi connectivity index (χ0) is 13.3. The van der Waals surface area contributed by atoms with Crippen LogP contribution in [0.25, 0.3) is 0 Å². The van der Waals surface area contributed by atoms with Crippen LogP contribution in [0.2, 0.25) is 0 Å². The Morgan fingerprint density at radius 1 is 1.39 bits per heavy atom. The van der Waals surface area contributed by atoms with E-state index in [1.54, 1.807) is 36.9 Å². The molecule has 1 aromatic carbocycles.